The fraction of sp³-hybridized carbons (Fsp3) is 0.727. The molecule has 0 spiro atoms. The SMILES string of the molecule is CC1CC1CNC(CN)c1cnn(C)c1. The highest BCUT2D eigenvalue weighted by molar-refractivity contribution is 5.10. The quantitative estimate of drug-likeness (QED) is 0.747. The molecule has 3 N–H and O–H groups in total. The Labute approximate surface area is 90.8 Å². The van der Waals surface area contributed by atoms with Crippen LogP contribution in [0.4, 0.5) is 0 Å². The molecule has 1 aliphatic carbocycles. The summed E-state index contributed by atoms with van der Waals surface area (Å²) in [6.07, 6.45) is 5.28. The van der Waals surface area contributed by atoms with Crippen LogP contribution < -0.4 is 11.1 Å². The van der Waals surface area contributed by atoms with Gasteiger partial charge in [-0.1, -0.05) is 6.92 Å². The van der Waals surface area contributed by atoms with E-state index in [0.29, 0.717) is 6.54 Å². The molecule has 1 fully saturated rings. The second kappa shape index (κ2) is 4.33. The van der Waals surface area contributed by atoms with Gasteiger partial charge in [0.05, 0.1) is 6.20 Å². The third-order valence-corrected chi connectivity index (χ3v) is 3.27. The van der Waals surface area contributed by atoms with Gasteiger partial charge in [0.1, 0.15) is 0 Å². The number of nitrogens with two attached hydrogens (primary N) is 1. The van der Waals surface area contributed by atoms with Crippen LogP contribution in [-0.4, -0.2) is 22.9 Å². The number of aromatic nitrogens is 2. The van der Waals surface area contributed by atoms with E-state index in [4.69, 9.17) is 5.73 Å². The lowest BCUT2D eigenvalue weighted by atomic mass is 10.1. The molecule has 0 aromatic carbocycles. The lowest BCUT2D eigenvalue weighted by molar-refractivity contribution is 0.511. The summed E-state index contributed by atoms with van der Waals surface area (Å²) in [5, 5.41) is 7.68. The van der Waals surface area contributed by atoms with E-state index in [1.54, 1.807) is 0 Å². The van der Waals surface area contributed by atoms with Crippen molar-refractivity contribution in [3.63, 3.8) is 0 Å². The Morgan fingerprint density at radius 3 is 2.93 bits per heavy atom. The van der Waals surface area contributed by atoms with E-state index in [1.165, 1.54) is 12.0 Å². The molecule has 4 heteroatoms. The summed E-state index contributed by atoms with van der Waals surface area (Å²) in [5.74, 6) is 1.75. The number of hydrogen-bond donors (Lipinski definition) is 2. The molecule has 0 bridgehead atoms. The smallest absolute Gasteiger partial charge is 0.0538 e. The topological polar surface area (TPSA) is 55.9 Å². The van der Waals surface area contributed by atoms with Gasteiger partial charge < -0.3 is 11.1 Å². The highest BCUT2D eigenvalue weighted by Crippen LogP contribution is 2.37. The monoisotopic (exact) mass is 208 g/mol. The Kier molecular flexibility index (Phi) is 3.07. The van der Waals surface area contributed by atoms with Gasteiger partial charge in [-0.2, -0.15) is 5.10 Å². The van der Waals surface area contributed by atoms with Crippen molar-refractivity contribution in [2.24, 2.45) is 24.6 Å². The minimum Gasteiger partial charge on any atom is -0.329 e. The van der Waals surface area contributed by atoms with Crippen molar-refractivity contribution < 1.29 is 0 Å². The fourth-order valence-corrected chi connectivity index (χ4v) is 1.93. The van der Waals surface area contributed by atoms with Gasteiger partial charge in [-0.25, -0.2) is 0 Å². The number of nitrogens with zero attached hydrogens (tertiary/aromatic N) is 2. The van der Waals surface area contributed by atoms with Crippen molar-refractivity contribution in [2.75, 3.05) is 13.1 Å². The van der Waals surface area contributed by atoms with Crippen LogP contribution in [-0.2, 0) is 7.05 Å². The van der Waals surface area contributed by atoms with Gasteiger partial charge in [0.2, 0.25) is 0 Å². The third-order valence-electron chi connectivity index (χ3n) is 3.27. The third kappa shape index (κ3) is 2.58. The average Bonchev–Trinajstić information content (AvgIpc) is 2.73. The van der Waals surface area contributed by atoms with Crippen molar-refractivity contribution in [2.45, 2.75) is 19.4 Å². The fourth-order valence-electron chi connectivity index (χ4n) is 1.93. The molecule has 1 aromatic rings. The summed E-state index contributed by atoms with van der Waals surface area (Å²) >= 11 is 0. The van der Waals surface area contributed by atoms with Crippen LogP contribution in [0.5, 0.6) is 0 Å². The van der Waals surface area contributed by atoms with Crippen molar-refractivity contribution in [1.29, 1.82) is 0 Å². The molecule has 2 rings (SSSR count). The van der Waals surface area contributed by atoms with E-state index in [0.717, 1.165) is 18.4 Å². The van der Waals surface area contributed by atoms with E-state index in [1.807, 2.05) is 24.1 Å². The minimum absolute atomic E-state index is 0.256. The number of hydrogen-bond acceptors (Lipinski definition) is 3. The molecule has 4 nitrogen and oxygen atoms in total. The highest BCUT2D eigenvalue weighted by Gasteiger charge is 2.32. The zero-order valence-corrected chi connectivity index (χ0v) is 9.48. The number of aryl methyl sites for hydroxylation is 1. The molecule has 0 amide bonds. The van der Waals surface area contributed by atoms with Gasteiger partial charge >= 0.3 is 0 Å². The second-order valence-corrected chi connectivity index (χ2v) is 4.62. The van der Waals surface area contributed by atoms with Crippen LogP contribution >= 0.6 is 0 Å². The van der Waals surface area contributed by atoms with Gasteiger partial charge in [0.15, 0.2) is 0 Å². The lowest BCUT2D eigenvalue weighted by Gasteiger charge is -2.14. The Morgan fingerprint density at radius 1 is 1.73 bits per heavy atom. The highest BCUT2D eigenvalue weighted by atomic mass is 15.2. The van der Waals surface area contributed by atoms with E-state index in [-0.39, 0.29) is 6.04 Å². The molecule has 15 heavy (non-hydrogen) atoms. The van der Waals surface area contributed by atoms with Gasteiger partial charge in [-0.05, 0) is 24.8 Å². The largest absolute Gasteiger partial charge is 0.329 e. The molecule has 3 unspecified atom stereocenters. The average molecular weight is 208 g/mol. The predicted molar refractivity (Wildman–Crippen MR) is 60.3 cm³/mol. The second-order valence-electron chi connectivity index (χ2n) is 4.62. The van der Waals surface area contributed by atoms with E-state index < -0.39 is 0 Å². The zero-order valence-electron chi connectivity index (χ0n) is 9.48. The molecule has 0 saturated heterocycles. The van der Waals surface area contributed by atoms with Crippen molar-refractivity contribution in [3.8, 4) is 0 Å². The van der Waals surface area contributed by atoms with Gasteiger partial charge in [-0.3, -0.25) is 4.68 Å². The van der Waals surface area contributed by atoms with Gasteiger partial charge in [0, 0.05) is 31.4 Å². The Hall–Kier alpha value is -0.870. The summed E-state index contributed by atoms with van der Waals surface area (Å²) in [7, 11) is 1.93. The van der Waals surface area contributed by atoms with E-state index in [9.17, 15) is 0 Å². The van der Waals surface area contributed by atoms with Crippen LogP contribution in [0.2, 0.25) is 0 Å². The van der Waals surface area contributed by atoms with Crippen molar-refractivity contribution >= 4 is 0 Å². The molecule has 3 atom stereocenters. The molecule has 1 heterocycles. The summed E-state index contributed by atoms with van der Waals surface area (Å²) in [6, 6.07) is 0.256. The molecule has 1 aliphatic rings. The molecule has 1 saturated carbocycles. The first kappa shape index (κ1) is 10.6. The maximum atomic E-state index is 5.76. The number of rotatable bonds is 5. The van der Waals surface area contributed by atoms with E-state index in [2.05, 4.69) is 17.3 Å². The molecular formula is C11H20N4. The first-order valence-corrected chi connectivity index (χ1v) is 5.62. The first-order valence-electron chi connectivity index (χ1n) is 5.62. The predicted octanol–water partition coefficient (Wildman–Crippen LogP) is 0.666. The Bertz CT molecular complexity index is 320. The van der Waals surface area contributed by atoms with E-state index >= 15 is 0 Å². The number of nitrogens with one attached hydrogen (secondary N) is 1. The van der Waals surface area contributed by atoms with Crippen LogP contribution in [0.3, 0.4) is 0 Å². The molecule has 1 aromatic heterocycles. The molecule has 0 aliphatic heterocycles. The zero-order chi connectivity index (χ0) is 10.8. The standard InChI is InChI=1S/C11H20N4/c1-8-3-9(8)5-13-11(4-12)10-6-14-15(2)7-10/h6-9,11,13H,3-5,12H2,1-2H3. The summed E-state index contributed by atoms with van der Waals surface area (Å²) in [4.78, 5) is 0. The van der Waals surface area contributed by atoms with Crippen LogP contribution in [0.15, 0.2) is 12.4 Å². The van der Waals surface area contributed by atoms with Crippen LogP contribution in [0, 0.1) is 11.8 Å². The molecule has 84 valence electrons. The molecule has 0 radical (unpaired) electrons. The maximum absolute atomic E-state index is 5.76. The summed E-state index contributed by atoms with van der Waals surface area (Å²) in [6.45, 7) is 4.01. The first-order chi connectivity index (χ1) is 7.20. The van der Waals surface area contributed by atoms with Gasteiger partial charge in [-0.15, -0.1) is 0 Å². The molecular weight excluding hydrogens is 188 g/mol. The lowest BCUT2D eigenvalue weighted by Crippen LogP contribution is -2.29. The Morgan fingerprint density at radius 2 is 2.47 bits per heavy atom. The van der Waals surface area contributed by atoms with Gasteiger partial charge in [0.25, 0.3) is 0 Å². The van der Waals surface area contributed by atoms with Crippen molar-refractivity contribution in [3.05, 3.63) is 18.0 Å². The minimum atomic E-state index is 0.256. The normalized spacial score (nSPS) is 26.6. The van der Waals surface area contributed by atoms with Crippen molar-refractivity contribution in [1.82, 2.24) is 15.1 Å². The summed E-state index contributed by atoms with van der Waals surface area (Å²) in [5.41, 5.74) is 6.94. The Balaban J connectivity index is 1.86. The maximum Gasteiger partial charge on any atom is 0.0538 e. The van der Waals surface area contributed by atoms with Crippen LogP contribution in [0.25, 0.3) is 0 Å². The summed E-state index contributed by atoms with van der Waals surface area (Å²) < 4.78 is 1.82. The van der Waals surface area contributed by atoms with Crippen LogP contribution in [0.1, 0.15) is 24.9 Å².